The lowest BCUT2D eigenvalue weighted by Gasteiger charge is -2.28. The zero-order valence-corrected chi connectivity index (χ0v) is 12.7. The van der Waals surface area contributed by atoms with E-state index in [1.807, 2.05) is 6.92 Å². The fourth-order valence-corrected chi connectivity index (χ4v) is 5.13. The second-order valence-electron chi connectivity index (χ2n) is 4.60. The second kappa shape index (κ2) is 6.21. The molecule has 2 atom stereocenters. The first-order valence-corrected chi connectivity index (χ1v) is 8.66. The van der Waals surface area contributed by atoms with Crippen LogP contribution >= 0.6 is 11.3 Å². The van der Waals surface area contributed by atoms with Crippen LogP contribution in [0.4, 0.5) is 0 Å². The minimum atomic E-state index is -3.66. The van der Waals surface area contributed by atoms with Crippen molar-refractivity contribution in [1.82, 2.24) is 4.31 Å². The van der Waals surface area contributed by atoms with Gasteiger partial charge in [-0.15, -0.1) is 11.3 Å². The van der Waals surface area contributed by atoms with Gasteiger partial charge in [0.25, 0.3) is 10.0 Å². The maximum absolute atomic E-state index is 12.6. The van der Waals surface area contributed by atoms with Crippen LogP contribution in [0.5, 0.6) is 0 Å². The third-order valence-corrected chi connectivity index (χ3v) is 6.54. The Labute approximate surface area is 122 Å². The molecule has 2 heterocycles. The zero-order valence-electron chi connectivity index (χ0n) is 11.1. The van der Waals surface area contributed by atoms with Crippen LogP contribution in [0, 0.1) is 5.92 Å². The maximum atomic E-state index is 12.6. The molecule has 112 valence electrons. The van der Waals surface area contributed by atoms with Crippen molar-refractivity contribution in [3.63, 3.8) is 0 Å². The molecule has 6 nitrogen and oxygen atoms in total. The summed E-state index contributed by atoms with van der Waals surface area (Å²) in [7, 11) is -3.66. The Morgan fingerprint density at radius 1 is 1.55 bits per heavy atom. The van der Waals surface area contributed by atoms with Crippen molar-refractivity contribution >= 4 is 27.3 Å². The average Bonchev–Trinajstić information content (AvgIpc) is 3.06. The van der Waals surface area contributed by atoms with Gasteiger partial charge in [0.1, 0.15) is 4.21 Å². The smallest absolute Gasteiger partial charge is 0.310 e. The van der Waals surface area contributed by atoms with Gasteiger partial charge in [0.15, 0.2) is 0 Å². The molecule has 1 N–H and O–H groups in total. The molecule has 0 aliphatic carbocycles. The van der Waals surface area contributed by atoms with Gasteiger partial charge in [-0.1, -0.05) is 13.0 Å². The van der Waals surface area contributed by atoms with Gasteiger partial charge in [-0.3, -0.25) is 4.79 Å². The summed E-state index contributed by atoms with van der Waals surface area (Å²) < 4.78 is 32.0. The van der Waals surface area contributed by atoms with Gasteiger partial charge in [0, 0.05) is 6.54 Å². The van der Waals surface area contributed by atoms with Crippen LogP contribution in [-0.2, 0) is 19.6 Å². The van der Waals surface area contributed by atoms with E-state index in [1.165, 1.54) is 10.4 Å². The van der Waals surface area contributed by atoms with Crippen LogP contribution < -0.4 is 0 Å². The molecule has 0 radical (unpaired) electrons. The standard InChI is InChI=1S/C12H17NO5S2/c1-2-5-13(10-8-18-7-9(10)12(14)15)20(16,17)11-4-3-6-19-11/h3-4,6,9-10H,2,5,7-8H2,1H3,(H,14,15). The van der Waals surface area contributed by atoms with Crippen LogP contribution in [0.25, 0.3) is 0 Å². The Bertz CT molecular complexity index is 554. The predicted octanol–water partition coefficient (Wildman–Crippen LogP) is 1.25. The van der Waals surface area contributed by atoms with Crippen molar-refractivity contribution in [3.05, 3.63) is 17.5 Å². The Balaban J connectivity index is 2.34. The molecular weight excluding hydrogens is 302 g/mol. The Morgan fingerprint density at radius 2 is 2.30 bits per heavy atom. The summed E-state index contributed by atoms with van der Waals surface area (Å²) in [6.07, 6.45) is 0.618. The highest BCUT2D eigenvalue weighted by Crippen LogP contribution is 2.28. The molecule has 0 amide bonds. The highest BCUT2D eigenvalue weighted by atomic mass is 32.2. The molecule has 8 heteroatoms. The van der Waals surface area contributed by atoms with E-state index < -0.39 is 28.0 Å². The Morgan fingerprint density at radius 3 is 2.85 bits per heavy atom. The van der Waals surface area contributed by atoms with Crippen LogP contribution in [0.3, 0.4) is 0 Å². The number of rotatable bonds is 6. The largest absolute Gasteiger partial charge is 0.481 e. The lowest BCUT2D eigenvalue weighted by Crippen LogP contribution is -2.46. The summed E-state index contributed by atoms with van der Waals surface area (Å²) in [5.74, 6) is -1.83. The molecule has 0 bridgehead atoms. The van der Waals surface area contributed by atoms with Gasteiger partial charge in [0.05, 0.1) is 25.2 Å². The molecule has 1 aliphatic heterocycles. The van der Waals surface area contributed by atoms with Crippen molar-refractivity contribution in [2.45, 2.75) is 23.6 Å². The van der Waals surface area contributed by atoms with Gasteiger partial charge in [0.2, 0.25) is 0 Å². The number of aliphatic carboxylic acids is 1. The number of sulfonamides is 1. The quantitative estimate of drug-likeness (QED) is 0.853. The van der Waals surface area contributed by atoms with E-state index in [0.717, 1.165) is 11.3 Å². The molecule has 2 rings (SSSR count). The van der Waals surface area contributed by atoms with Crippen LogP contribution in [0.2, 0.25) is 0 Å². The van der Waals surface area contributed by atoms with E-state index in [-0.39, 0.29) is 24.0 Å². The molecule has 1 saturated heterocycles. The minimum Gasteiger partial charge on any atom is -0.481 e. The molecular formula is C12H17NO5S2. The number of carbonyl (C=O) groups is 1. The molecule has 1 fully saturated rings. The normalized spacial score (nSPS) is 23.3. The molecule has 1 aliphatic rings. The first kappa shape index (κ1) is 15.4. The highest BCUT2D eigenvalue weighted by molar-refractivity contribution is 7.91. The second-order valence-corrected chi connectivity index (χ2v) is 7.66. The summed E-state index contributed by atoms with van der Waals surface area (Å²) in [5.41, 5.74) is 0. The molecule has 2 unspecified atom stereocenters. The summed E-state index contributed by atoms with van der Waals surface area (Å²) in [6.45, 7) is 2.34. The van der Waals surface area contributed by atoms with Crippen LogP contribution in [0.1, 0.15) is 13.3 Å². The fourth-order valence-electron chi connectivity index (χ4n) is 2.27. The molecule has 0 spiro atoms. The summed E-state index contributed by atoms with van der Waals surface area (Å²) >= 11 is 1.13. The number of ether oxygens (including phenoxy) is 1. The Hall–Kier alpha value is -0.960. The SMILES string of the molecule is CCCN(C1COCC1C(=O)O)S(=O)(=O)c1cccs1. The molecule has 1 aromatic heterocycles. The van der Waals surface area contributed by atoms with E-state index in [9.17, 15) is 18.3 Å². The molecule has 0 saturated carbocycles. The van der Waals surface area contributed by atoms with Crippen LogP contribution in [0.15, 0.2) is 21.7 Å². The predicted molar refractivity (Wildman–Crippen MR) is 74.2 cm³/mol. The van der Waals surface area contributed by atoms with E-state index in [0.29, 0.717) is 6.42 Å². The zero-order chi connectivity index (χ0) is 14.8. The van der Waals surface area contributed by atoms with Crippen molar-refractivity contribution in [1.29, 1.82) is 0 Å². The van der Waals surface area contributed by atoms with Gasteiger partial charge in [-0.25, -0.2) is 8.42 Å². The van der Waals surface area contributed by atoms with Gasteiger partial charge in [-0.05, 0) is 17.9 Å². The lowest BCUT2D eigenvalue weighted by atomic mass is 10.0. The van der Waals surface area contributed by atoms with E-state index >= 15 is 0 Å². The number of hydrogen-bond donors (Lipinski definition) is 1. The number of nitrogens with zero attached hydrogens (tertiary/aromatic N) is 1. The van der Waals surface area contributed by atoms with Crippen molar-refractivity contribution in [3.8, 4) is 0 Å². The van der Waals surface area contributed by atoms with E-state index in [2.05, 4.69) is 0 Å². The third kappa shape index (κ3) is 2.88. The lowest BCUT2D eigenvalue weighted by molar-refractivity contribution is -0.142. The monoisotopic (exact) mass is 319 g/mol. The van der Waals surface area contributed by atoms with E-state index in [1.54, 1.807) is 11.4 Å². The first-order valence-electron chi connectivity index (χ1n) is 6.34. The first-order chi connectivity index (χ1) is 9.48. The summed E-state index contributed by atoms with van der Waals surface area (Å²) in [5, 5.41) is 10.9. The Kier molecular flexibility index (Phi) is 4.79. The topological polar surface area (TPSA) is 83.9 Å². The number of hydrogen-bond acceptors (Lipinski definition) is 5. The van der Waals surface area contributed by atoms with Gasteiger partial charge < -0.3 is 9.84 Å². The average molecular weight is 319 g/mol. The van der Waals surface area contributed by atoms with Crippen molar-refractivity contribution in [2.75, 3.05) is 19.8 Å². The third-order valence-electron chi connectivity index (χ3n) is 3.24. The highest BCUT2D eigenvalue weighted by Gasteiger charge is 2.43. The van der Waals surface area contributed by atoms with Crippen LogP contribution in [-0.4, -0.2) is 49.6 Å². The van der Waals surface area contributed by atoms with Crippen molar-refractivity contribution in [2.24, 2.45) is 5.92 Å². The number of carboxylic acids is 1. The fraction of sp³-hybridized carbons (Fsp3) is 0.583. The molecule has 1 aromatic rings. The minimum absolute atomic E-state index is 0.0557. The van der Waals surface area contributed by atoms with Crippen molar-refractivity contribution < 1.29 is 23.1 Å². The molecule has 0 aromatic carbocycles. The van der Waals surface area contributed by atoms with Gasteiger partial charge >= 0.3 is 5.97 Å². The van der Waals surface area contributed by atoms with Gasteiger partial charge in [-0.2, -0.15) is 4.31 Å². The summed E-state index contributed by atoms with van der Waals surface area (Å²) in [4.78, 5) is 11.2. The number of carboxylic acid groups (broad SMARTS) is 1. The summed E-state index contributed by atoms with van der Waals surface area (Å²) in [6, 6.07) is 2.56. The number of thiophene rings is 1. The van der Waals surface area contributed by atoms with E-state index in [4.69, 9.17) is 4.74 Å². The maximum Gasteiger partial charge on any atom is 0.310 e. The molecule has 20 heavy (non-hydrogen) atoms.